The van der Waals surface area contributed by atoms with Gasteiger partial charge in [0.15, 0.2) is 17.8 Å². The van der Waals surface area contributed by atoms with Crippen LogP contribution in [0.1, 0.15) is 46.5 Å². The van der Waals surface area contributed by atoms with Gasteiger partial charge < -0.3 is 34.6 Å². The largest absolute Gasteiger partial charge is 0.448 e. The van der Waals surface area contributed by atoms with Crippen LogP contribution in [0.5, 0.6) is 0 Å². The van der Waals surface area contributed by atoms with Crippen molar-refractivity contribution in [3.8, 4) is 0 Å². The quantitative estimate of drug-likeness (QED) is 0.437. The van der Waals surface area contributed by atoms with Crippen molar-refractivity contribution in [3.63, 3.8) is 0 Å². The molecule has 0 aromatic carbocycles. The molecule has 6 rings (SSSR count). The summed E-state index contributed by atoms with van der Waals surface area (Å²) in [5, 5.41) is 40.4. The molecule has 6 unspecified atom stereocenters. The number of rotatable bonds is 2. The van der Waals surface area contributed by atoms with Crippen LogP contribution < -0.4 is 0 Å². The summed E-state index contributed by atoms with van der Waals surface area (Å²) in [4.78, 5) is 16.4. The van der Waals surface area contributed by atoms with Crippen molar-refractivity contribution < 1.29 is 44.4 Å². The molecule has 2 bridgehead atoms. The maximum absolute atomic E-state index is 10.5. The second kappa shape index (κ2) is 7.59. The minimum Gasteiger partial charge on any atom is -0.448 e. The van der Waals surface area contributed by atoms with Crippen molar-refractivity contribution in [1.82, 2.24) is 0 Å². The molecule has 31 heavy (non-hydrogen) atoms. The molecule has 0 radical (unpaired) electrons. The van der Waals surface area contributed by atoms with Gasteiger partial charge in [0.25, 0.3) is 0 Å². The molecule has 176 valence electrons. The molecule has 0 aromatic rings. The molecule has 5 aliphatic heterocycles. The number of hydrogen-bond acceptors (Lipinski definition) is 10. The van der Waals surface area contributed by atoms with E-state index in [1.807, 2.05) is 13.8 Å². The van der Waals surface area contributed by atoms with E-state index in [0.717, 1.165) is 19.3 Å². The van der Waals surface area contributed by atoms with Crippen LogP contribution in [0.15, 0.2) is 4.99 Å². The lowest BCUT2D eigenvalue weighted by Gasteiger charge is -2.58. The monoisotopic (exact) mass is 443 g/mol. The highest BCUT2D eigenvalue weighted by Crippen LogP contribution is 2.59. The molecule has 1 spiro atoms. The number of ether oxygens (including phenoxy) is 3. The van der Waals surface area contributed by atoms with Crippen LogP contribution in [0.25, 0.3) is 0 Å². The molecule has 6 aliphatic rings. The molecule has 5 saturated heterocycles. The molecule has 10 heteroatoms. The lowest BCUT2D eigenvalue weighted by molar-refractivity contribution is -0.557. The summed E-state index contributed by atoms with van der Waals surface area (Å²) in [7, 11) is 0. The normalized spacial score (nSPS) is 57.8. The van der Waals surface area contributed by atoms with E-state index >= 15 is 0 Å². The van der Waals surface area contributed by atoms with Crippen molar-refractivity contribution in [2.75, 3.05) is 6.61 Å². The molecular weight excluding hydrogens is 410 g/mol. The third-order valence-corrected chi connectivity index (χ3v) is 8.14. The van der Waals surface area contributed by atoms with Crippen LogP contribution in [0, 0.1) is 23.7 Å². The second-order valence-corrected chi connectivity index (χ2v) is 10.0. The number of aliphatic hydroxyl groups is 4. The summed E-state index contributed by atoms with van der Waals surface area (Å²) in [5.41, 5.74) is -0.742. The Balaban J connectivity index is 1.49. The molecule has 4 N–H and O–H groups in total. The number of hydrogen-bond donors (Lipinski definition) is 4. The van der Waals surface area contributed by atoms with Gasteiger partial charge in [-0.1, -0.05) is 13.8 Å². The van der Waals surface area contributed by atoms with Crippen LogP contribution in [0.4, 0.5) is 0 Å². The molecule has 6 fully saturated rings. The van der Waals surface area contributed by atoms with E-state index in [-0.39, 0.29) is 17.8 Å². The SMILES string of the molecule is CC1C(=N[C@@H]2[C@H](O)[C@H](O)[C@@H](CO)O[C@H]2O)OC2OC3(C)CCC4[C@H](C)CCC1C24OO3. The lowest BCUT2D eigenvalue weighted by atomic mass is 9.58. The van der Waals surface area contributed by atoms with Gasteiger partial charge in [0.1, 0.15) is 24.4 Å². The van der Waals surface area contributed by atoms with Crippen LogP contribution >= 0.6 is 0 Å². The zero-order valence-electron chi connectivity index (χ0n) is 18.1. The predicted octanol–water partition coefficient (Wildman–Crippen LogP) is 0.0667. The van der Waals surface area contributed by atoms with Gasteiger partial charge in [0, 0.05) is 24.2 Å². The Labute approximate surface area is 181 Å². The van der Waals surface area contributed by atoms with E-state index < -0.39 is 54.9 Å². The highest BCUT2D eigenvalue weighted by molar-refractivity contribution is 5.80. The molecule has 12 atom stereocenters. The zero-order valence-corrected chi connectivity index (χ0v) is 18.1. The molecule has 1 aliphatic carbocycles. The topological polar surface area (TPSA) is 139 Å². The summed E-state index contributed by atoms with van der Waals surface area (Å²) in [6.07, 6.45) is -2.57. The minimum absolute atomic E-state index is 0.0164. The van der Waals surface area contributed by atoms with E-state index in [4.69, 9.17) is 24.0 Å². The van der Waals surface area contributed by atoms with Crippen molar-refractivity contribution in [2.45, 2.75) is 94.8 Å². The summed E-state index contributed by atoms with van der Waals surface area (Å²) in [6, 6.07) is -1.15. The summed E-state index contributed by atoms with van der Waals surface area (Å²) >= 11 is 0. The Bertz CT molecular complexity index is 736. The van der Waals surface area contributed by atoms with Gasteiger partial charge in [-0.2, -0.15) is 0 Å². The average molecular weight is 443 g/mol. The first-order chi connectivity index (χ1) is 14.7. The standard InChI is InChI=1S/C21H33NO9/c1-9-4-5-12-10(2)17(22-14-16(25)15(24)13(8-23)27-18(14)26)28-19-21(12)11(9)6-7-20(3,29-19)30-31-21/h9-16,18-19,23-26H,4-8H2,1-3H3/t9-,10?,11?,12?,13-,14-,15-,16+,18-,19?,20?,21?/m1/s1. The fourth-order valence-electron chi connectivity index (χ4n) is 6.29. The molecule has 5 heterocycles. The van der Waals surface area contributed by atoms with E-state index in [1.165, 1.54) is 0 Å². The fourth-order valence-corrected chi connectivity index (χ4v) is 6.29. The van der Waals surface area contributed by atoms with Gasteiger partial charge in [-0.3, -0.25) is 0 Å². The first-order valence-corrected chi connectivity index (χ1v) is 11.3. The third-order valence-electron chi connectivity index (χ3n) is 8.14. The lowest BCUT2D eigenvalue weighted by Crippen LogP contribution is -2.70. The maximum atomic E-state index is 10.5. The maximum Gasteiger partial charge on any atom is 0.237 e. The van der Waals surface area contributed by atoms with Crippen LogP contribution in [0.2, 0.25) is 0 Å². The van der Waals surface area contributed by atoms with Crippen molar-refractivity contribution in [1.29, 1.82) is 0 Å². The van der Waals surface area contributed by atoms with Crippen molar-refractivity contribution >= 4 is 5.90 Å². The van der Waals surface area contributed by atoms with Gasteiger partial charge in [-0.25, -0.2) is 14.8 Å². The van der Waals surface area contributed by atoms with E-state index in [1.54, 1.807) is 0 Å². The summed E-state index contributed by atoms with van der Waals surface area (Å²) in [6.45, 7) is 5.53. The van der Waals surface area contributed by atoms with Gasteiger partial charge in [-0.05, 0) is 32.1 Å². The van der Waals surface area contributed by atoms with Gasteiger partial charge in [-0.15, -0.1) is 0 Å². The van der Waals surface area contributed by atoms with Crippen molar-refractivity contribution in [3.05, 3.63) is 0 Å². The molecule has 0 aromatic heterocycles. The first kappa shape index (κ1) is 22.0. The molecule has 1 saturated carbocycles. The average Bonchev–Trinajstić information content (AvgIpc) is 2.97. The van der Waals surface area contributed by atoms with Gasteiger partial charge in [0.2, 0.25) is 12.1 Å². The highest BCUT2D eigenvalue weighted by atomic mass is 17.3. The van der Waals surface area contributed by atoms with Crippen LogP contribution in [0.3, 0.4) is 0 Å². The predicted molar refractivity (Wildman–Crippen MR) is 104 cm³/mol. The van der Waals surface area contributed by atoms with Crippen LogP contribution in [-0.4, -0.2) is 81.3 Å². The number of fused-ring (bicyclic) bond motifs is 2. The van der Waals surface area contributed by atoms with Gasteiger partial charge in [0.05, 0.1) is 6.61 Å². The number of nitrogens with zero attached hydrogens (tertiary/aromatic N) is 1. The summed E-state index contributed by atoms with van der Waals surface area (Å²) in [5.74, 6) is -0.112. The zero-order chi connectivity index (χ0) is 22.1. The van der Waals surface area contributed by atoms with E-state index in [0.29, 0.717) is 18.2 Å². The Morgan fingerprint density at radius 3 is 2.55 bits per heavy atom. The Morgan fingerprint density at radius 1 is 1.03 bits per heavy atom. The van der Waals surface area contributed by atoms with E-state index in [9.17, 15) is 20.4 Å². The van der Waals surface area contributed by atoms with E-state index in [2.05, 4.69) is 11.9 Å². The summed E-state index contributed by atoms with van der Waals surface area (Å²) < 4.78 is 17.8. The number of aliphatic hydroxyl groups excluding tert-OH is 4. The Kier molecular flexibility index (Phi) is 5.38. The first-order valence-electron chi connectivity index (χ1n) is 11.3. The molecule has 10 nitrogen and oxygen atoms in total. The van der Waals surface area contributed by atoms with Crippen LogP contribution in [-0.2, 0) is 24.0 Å². The fraction of sp³-hybridized carbons (Fsp3) is 0.952. The highest BCUT2D eigenvalue weighted by Gasteiger charge is 2.69. The smallest absolute Gasteiger partial charge is 0.237 e. The van der Waals surface area contributed by atoms with Crippen molar-refractivity contribution in [2.24, 2.45) is 28.7 Å². The molecular formula is C21H33NO9. The Hall–Kier alpha value is -0.850. The Morgan fingerprint density at radius 2 is 1.81 bits per heavy atom. The van der Waals surface area contributed by atoms with Gasteiger partial charge >= 0.3 is 0 Å². The third kappa shape index (κ3) is 3.18. The minimum atomic E-state index is -1.49. The second-order valence-electron chi connectivity index (χ2n) is 10.0. The molecule has 0 amide bonds. The number of aliphatic imine (C=N–C) groups is 1.